The number of para-hydroxylation sites is 1. The average Bonchev–Trinajstić information content (AvgIpc) is 3.14. The number of nitrogens with zero attached hydrogens (tertiary/aromatic N) is 2. The Morgan fingerprint density at radius 3 is 2.42 bits per heavy atom. The summed E-state index contributed by atoms with van der Waals surface area (Å²) in [6.45, 7) is 3.02. The first-order chi connectivity index (χ1) is 20.9. The van der Waals surface area contributed by atoms with Crippen molar-refractivity contribution in [3.8, 4) is 0 Å². The van der Waals surface area contributed by atoms with Gasteiger partial charge >= 0.3 is 12.1 Å². The number of amides is 2. The zero-order chi connectivity index (χ0) is 30.6. The second kappa shape index (κ2) is 16.1. The quantitative estimate of drug-likeness (QED) is 0.277. The number of benzene rings is 2. The number of aryl methyl sites for hydroxylation is 1. The molecule has 0 unspecified atom stereocenters. The number of nitrogens with one attached hydrogen (secondary N) is 1. The number of esters is 1. The van der Waals surface area contributed by atoms with Crippen LogP contribution in [-0.2, 0) is 36.9 Å². The highest BCUT2D eigenvalue weighted by molar-refractivity contribution is 6.01. The van der Waals surface area contributed by atoms with Gasteiger partial charge in [0.05, 0.1) is 25.2 Å². The van der Waals surface area contributed by atoms with E-state index in [1.165, 1.54) is 4.90 Å². The largest absolute Gasteiger partial charge is 0.548 e. The van der Waals surface area contributed by atoms with Gasteiger partial charge in [0, 0.05) is 18.8 Å². The number of fused-ring (bicyclic) bond motifs is 1. The lowest BCUT2D eigenvalue weighted by atomic mass is 9.91. The van der Waals surface area contributed by atoms with Crippen LogP contribution in [0.5, 0.6) is 0 Å². The SMILES string of the molecule is CCOC(=O)[C@H](CCCCC1CCN(C(=O)OCc2ccccc2)CC1)N[C@H]1CCc2ccccc2N(CC(=O)[O-])C1=O. The Labute approximate surface area is 253 Å². The summed E-state index contributed by atoms with van der Waals surface area (Å²) in [6.07, 6.45) is 5.69. The Morgan fingerprint density at radius 1 is 0.977 bits per heavy atom. The highest BCUT2D eigenvalue weighted by Crippen LogP contribution is 2.28. The van der Waals surface area contributed by atoms with Crippen LogP contribution in [0.2, 0.25) is 0 Å². The molecule has 1 N–H and O–H groups in total. The molecule has 10 nitrogen and oxygen atoms in total. The number of ether oxygens (including phenoxy) is 2. The van der Waals surface area contributed by atoms with E-state index in [0.717, 1.165) is 43.2 Å². The minimum absolute atomic E-state index is 0.226. The van der Waals surface area contributed by atoms with Gasteiger partial charge < -0.3 is 29.2 Å². The second-order valence-electron chi connectivity index (χ2n) is 11.2. The molecule has 2 aliphatic heterocycles. The van der Waals surface area contributed by atoms with Gasteiger partial charge in [-0.05, 0) is 62.1 Å². The summed E-state index contributed by atoms with van der Waals surface area (Å²) in [6, 6.07) is 15.5. The van der Waals surface area contributed by atoms with Crippen LogP contribution < -0.4 is 15.3 Å². The van der Waals surface area contributed by atoms with Crippen molar-refractivity contribution in [2.45, 2.75) is 77.0 Å². The van der Waals surface area contributed by atoms with Crippen LogP contribution in [0.3, 0.4) is 0 Å². The van der Waals surface area contributed by atoms with Crippen molar-refractivity contribution < 1.29 is 33.8 Å². The van der Waals surface area contributed by atoms with Gasteiger partial charge in [-0.3, -0.25) is 14.9 Å². The standard InChI is InChI=1S/C33H43N3O7/c1-2-42-32(40)28(34-27-17-16-26-13-7-9-15-29(26)36(31(27)39)22-30(37)38)14-8-6-10-24-18-20-35(21-19-24)33(41)43-23-25-11-4-3-5-12-25/h3-5,7,9,11-13,15,24,27-28,34H,2,6,8,10,14,16-23H2,1H3,(H,37,38)/p-1/t27-,28-/m0/s1. The molecule has 4 rings (SSSR count). The van der Waals surface area contributed by atoms with E-state index < -0.39 is 36.5 Å². The van der Waals surface area contributed by atoms with Gasteiger partial charge in [0.15, 0.2) is 0 Å². The average molecular weight is 593 g/mol. The number of rotatable bonds is 13. The number of likely N-dealkylation sites (tertiary alicyclic amines) is 1. The van der Waals surface area contributed by atoms with Crippen molar-refractivity contribution in [2.75, 3.05) is 31.1 Å². The summed E-state index contributed by atoms with van der Waals surface area (Å²) in [5.41, 5.74) is 2.40. The fourth-order valence-corrected chi connectivity index (χ4v) is 5.91. The number of carboxylic acids is 1. The zero-order valence-corrected chi connectivity index (χ0v) is 24.9. The number of carbonyl (C=O) groups is 4. The first-order valence-corrected chi connectivity index (χ1v) is 15.3. The van der Waals surface area contributed by atoms with Crippen molar-refractivity contribution in [1.29, 1.82) is 0 Å². The molecule has 2 aliphatic rings. The van der Waals surface area contributed by atoms with Crippen LogP contribution in [0.1, 0.15) is 63.0 Å². The van der Waals surface area contributed by atoms with E-state index in [0.29, 0.717) is 44.0 Å². The first-order valence-electron chi connectivity index (χ1n) is 15.3. The molecule has 2 aromatic carbocycles. The van der Waals surface area contributed by atoms with Crippen molar-refractivity contribution in [2.24, 2.45) is 5.92 Å². The predicted octanol–water partition coefficient (Wildman–Crippen LogP) is 3.21. The van der Waals surface area contributed by atoms with E-state index in [2.05, 4.69) is 5.32 Å². The van der Waals surface area contributed by atoms with Gasteiger partial charge in [-0.25, -0.2) is 4.79 Å². The van der Waals surface area contributed by atoms with Gasteiger partial charge in [0.25, 0.3) is 0 Å². The minimum Gasteiger partial charge on any atom is -0.548 e. The number of anilines is 1. The lowest BCUT2D eigenvalue weighted by Gasteiger charge is -2.31. The Kier molecular flexibility index (Phi) is 12.0. The molecule has 0 spiro atoms. The van der Waals surface area contributed by atoms with Crippen molar-refractivity contribution >= 4 is 29.6 Å². The van der Waals surface area contributed by atoms with Crippen LogP contribution >= 0.6 is 0 Å². The number of aliphatic carboxylic acids is 1. The van der Waals surface area contributed by atoms with Crippen LogP contribution in [0.25, 0.3) is 0 Å². The predicted molar refractivity (Wildman–Crippen MR) is 159 cm³/mol. The monoisotopic (exact) mass is 592 g/mol. The molecule has 0 radical (unpaired) electrons. The normalized spacial score (nSPS) is 18.0. The summed E-state index contributed by atoms with van der Waals surface area (Å²) in [4.78, 5) is 53.3. The molecular formula is C33H42N3O7-. The molecule has 0 aliphatic carbocycles. The van der Waals surface area contributed by atoms with Crippen LogP contribution in [0.15, 0.2) is 54.6 Å². The van der Waals surface area contributed by atoms with Gasteiger partial charge in [0.1, 0.15) is 12.6 Å². The first kappa shape index (κ1) is 32.0. The maximum Gasteiger partial charge on any atom is 0.410 e. The Hall–Kier alpha value is -3.92. The van der Waals surface area contributed by atoms with Gasteiger partial charge in [0.2, 0.25) is 5.91 Å². The molecule has 10 heteroatoms. The Morgan fingerprint density at radius 2 is 1.70 bits per heavy atom. The number of hydrogen-bond donors (Lipinski definition) is 1. The molecule has 2 amide bonds. The molecule has 1 saturated heterocycles. The van der Waals surface area contributed by atoms with Gasteiger partial charge in [-0.1, -0.05) is 67.8 Å². The minimum atomic E-state index is -1.35. The number of carbonyl (C=O) groups excluding carboxylic acids is 4. The third-order valence-corrected chi connectivity index (χ3v) is 8.24. The van der Waals surface area contributed by atoms with E-state index >= 15 is 0 Å². The third kappa shape index (κ3) is 9.28. The number of unbranched alkanes of at least 4 members (excludes halogenated alkanes) is 1. The van der Waals surface area contributed by atoms with Crippen molar-refractivity contribution in [3.05, 3.63) is 65.7 Å². The summed E-state index contributed by atoms with van der Waals surface area (Å²) in [5, 5.41) is 14.7. The van der Waals surface area contributed by atoms with E-state index in [9.17, 15) is 24.3 Å². The van der Waals surface area contributed by atoms with E-state index in [1.807, 2.05) is 42.5 Å². The van der Waals surface area contributed by atoms with Gasteiger partial charge in [-0.15, -0.1) is 0 Å². The molecule has 43 heavy (non-hydrogen) atoms. The number of carboxylic acid groups (broad SMARTS) is 1. The maximum atomic E-state index is 13.5. The maximum absolute atomic E-state index is 13.5. The summed E-state index contributed by atoms with van der Waals surface area (Å²) < 4.78 is 10.8. The Balaban J connectivity index is 1.25. The van der Waals surface area contributed by atoms with Crippen LogP contribution in [0.4, 0.5) is 10.5 Å². The van der Waals surface area contributed by atoms with Gasteiger partial charge in [-0.2, -0.15) is 0 Å². The van der Waals surface area contributed by atoms with E-state index in [4.69, 9.17) is 9.47 Å². The molecule has 0 bridgehead atoms. The molecule has 2 aromatic rings. The highest BCUT2D eigenvalue weighted by atomic mass is 16.6. The lowest BCUT2D eigenvalue weighted by molar-refractivity contribution is -0.303. The molecule has 2 atom stereocenters. The molecule has 0 aromatic heterocycles. The summed E-state index contributed by atoms with van der Waals surface area (Å²) in [7, 11) is 0. The van der Waals surface area contributed by atoms with Crippen LogP contribution in [-0.4, -0.2) is 67.2 Å². The fourth-order valence-electron chi connectivity index (χ4n) is 5.91. The van der Waals surface area contributed by atoms with Crippen LogP contribution in [0, 0.1) is 5.92 Å². The molecule has 232 valence electrons. The third-order valence-electron chi connectivity index (χ3n) is 8.24. The zero-order valence-electron chi connectivity index (χ0n) is 24.9. The topological polar surface area (TPSA) is 128 Å². The second-order valence-corrected chi connectivity index (χ2v) is 11.2. The van der Waals surface area contributed by atoms with E-state index in [-0.39, 0.29) is 19.3 Å². The summed E-state index contributed by atoms with van der Waals surface area (Å²) in [5.74, 6) is -1.66. The Bertz CT molecular complexity index is 1230. The fraction of sp³-hybridized carbons (Fsp3) is 0.515. The number of hydrogen-bond acceptors (Lipinski definition) is 8. The lowest BCUT2D eigenvalue weighted by Crippen LogP contribution is -2.54. The molecule has 0 saturated carbocycles. The summed E-state index contributed by atoms with van der Waals surface area (Å²) >= 11 is 0. The smallest absolute Gasteiger partial charge is 0.410 e. The molecule has 1 fully saturated rings. The van der Waals surface area contributed by atoms with Crippen molar-refractivity contribution in [1.82, 2.24) is 10.2 Å². The molecular weight excluding hydrogens is 550 g/mol. The highest BCUT2D eigenvalue weighted by Gasteiger charge is 2.33. The van der Waals surface area contributed by atoms with Crippen molar-refractivity contribution in [3.63, 3.8) is 0 Å². The van der Waals surface area contributed by atoms with E-state index in [1.54, 1.807) is 24.0 Å². The molecule has 2 heterocycles. The number of piperidine rings is 1.